The largest absolute Gasteiger partial charge is 0.532 e. The summed E-state index contributed by atoms with van der Waals surface area (Å²) >= 11 is 0. The van der Waals surface area contributed by atoms with Gasteiger partial charge in [-0.1, -0.05) is 26.8 Å². The topological polar surface area (TPSA) is 27.7 Å². The molecule has 0 aromatic carbocycles. The van der Waals surface area contributed by atoms with Crippen LogP contribution in [0.2, 0.25) is 0 Å². The van der Waals surface area contributed by atoms with E-state index in [1.165, 1.54) is 5.20 Å². The number of rotatable bonds is 10. The molecule has 0 spiro atoms. The zero-order valence-electron chi connectivity index (χ0n) is 11.5. The van der Waals surface area contributed by atoms with E-state index >= 15 is 0 Å². The molecule has 0 unspecified atom stereocenters. The van der Waals surface area contributed by atoms with Crippen LogP contribution in [0.25, 0.3) is 0 Å². The fourth-order valence-electron chi connectivity index (χ4n) is 1.68. The van der Waals surface area contributed by atoms with Gasteiger partial charge in [-0.25, -0.2) is 0 Å². The second-order valence-corrected chi connectivity index (χ2v) is 6.99. The molecule has 0 N–H and O–H groups in total. The Hall–Kier alpha value is -0.163. The van der Waals surface area contributed by atoms with Gasteiger partial charge in [0.25, 0.3) is 0 Å². The molecule has 0 saturated carbocycles. The first kappa shape index (κ1) is 14.9. The van der Waals surface area contributed by atoms with Crippen LogP contribution >= 0.6 is 0 Å². The van der Waals surface area contributed by atoms with Gasteiger partial charge in [-0.15, -0.1) is 0 Å². The molecule has 0 amide bonds. The van der Waals surface area contributed by atoms with Crippen molar-refractivity contribution in [2.24, 2.45) is 0 Å². The Kier molecular flexibility index (Phi) is 7.04. The maximum Gasteiger partial charge on any atom is 0.532 e. The average Bonchev–Trinajstić information content (AvgIpc) is 2.28. The lowest BCUT2D eigenvalue weighted by molar-refractivity contribution is 0.0663. The Morgan fingerprint density at radius 2 is 1.35 bits per heavy atom. The molecule has 0 aromatic heterocycles. The lowest BCUT2D eigenvalue weighted by Gasteiger charge is -2.34. The molecule has 1 aliphatic carbocycles. The summed E-state index contributed by atoms with van der Waals surface area (Å²) in [7, 11) is -2.51. The normalized spacial score (nSPS) is 15.6. The molecule has 0 radical (unpaired) electrons. The minimum absolute atomic E-state index is 0.733. The van der Waals surface area contributed by atoms with Crippen LogP contribution in [0.4, 0.5) is 0 Å². The average molecular weight is 258 g/mol. The quantitative estimate of drug-likeness (QED) is 0.562. The molecule has 0 aliphatic heterocycles. The zero-order valence-corrected chi connectivity index (χ0v) is 12.5. The first-order valence-corrected chi connectivity index (χ1v) is 8.62. The molecule has 0 atom stereocenters. The summed E-state index contributed by atoms with van der Waals surface area (Å²) in [6, 6.07) is 0. The van der Waals surface area contributed by atoms with Gasteiger partial charge < -0.3 is 13.3 Å². The molecule has 3 nitrogen and oxygen atoms in total. The Bertz CT molecular complexity index is 219. The van der Waals surface area contributed by atoms with E-state index in [-0.39, 0.29) is 0 Å². The summed E-state index contributed by atoms with van der Waals surface area (Å²) in [5.74, 6) is 0. The van der Waals surface area contributed by atoms with Crippen LogP contribution < -0.4 is 0 Å². The molecule has 1 rings (SSSR count). The molecular formula is C13H26O3Si. The minimum atomic E-state index is -2.51. The number of allylic oxidation sites excluding steroid dienone is 2. The van der Waals surface area contributed by atoms with E-state index in [1.54, 1.807) is 0 Å². The van der Waals surface area contributed by atoms with Crippen LogP contribution in [0.3, 0.4) is 0 Å². The van der Waals surface area contributed by atoms with E-state index < -0.39 is 8.80 Å². The second kappa shape index (κ2) is 8.03. The highest BCUT2D eigenvalue weighted by Gasteiger charge is 2.47. The van der Waals surface area contributed by atoms with E-state index in [1.807, 2.05) is 0 Å². The third kappa shape index (κ3) is 4.21. The van der Waals surface area contributed by atoms with E-state index in [0.717, 1.165) is 51.9 Å². The van der Waals surface area contributed by atoms with Crippen molar-refractivity contribution in [3.8, 4) is 0 Å². The van der Waals surface area contributed by atoms with Gasteiger partial charge in [0.05, 0.1) is 0 Å². The van der Waals surface area contributed by atoms with Crippen molar-refractivity contribution in [1.29, 1.82) is 0 Å². The highest BCUT2D eigenvalue weighted by molar-refractivity contribution is 6.69. The Balaban J connectivity index is 2.67. The molecule has 0 bridgehead atoms. The van der Waals surface area contributed by atoms with E-state index in [9.17, 15) is 0 Å². The van der Waals surface area contributed by atoms with Crippen LogP contribution in [0.5, 0.6) is 0 Å². The van der Waals surface area contributed by atoms with Gasteiger partial charge in [-0.05, 0) is 37.3 Å². The highest BCUT2D eigenvalue weighted by atomic mass is 28.4. The van der Waals surface area contributed by atoms with Gasteiger partial charge >= 0.3 is 8.80 Å². The van der Waals surface area contributed by atoms with E-state index in [0.29, 0.717) is 0 Å². The first-order valence-electron chi connectivity index (χ1n) is 6.90. The number of hydrogen-bond donors (Lipinski definition) is 0. The summed E-state index contributed by atoms with van der Waals surface area (Å²) < 4.78 is 18.0. The SMILES string of the molecule is CCCO[Si](OCCC)(OCCC)C1=CCC1. The molecule has 4 heteroatoms. The predicted molar refractivity (Wildman–Crippen MR) is 71.8 cm³/mol. The van der Waals surface area contributed by atoms with Crippen molar-refractivity contribution in [3.05, 3.63) is 11.3 Å². The van der Waals surface area contributed by atoms with Gasteiger partial charge in [0.15, 0.2) is 0 Å². The molecule has 0 aromatic rings. The maximum absolute atomic E-state index is 6.01. The fourth-order valence-corrected chi connectivity index (χ4v) is 4.75. The lowest BCUT2D eigenvalue weighted by Crippen LogP contribution is -2.50. The molecule has 17 heavy (non-hydrogen) atoms. The minimum Gasteiger partial charge on any atom is -0.370 e. The van der Waals surface area contributed by atoms with Gasteiger partial charge in [0.1, 0.15) is 0 Å². The number of hydrogen-bond acceptors (Lipinski definition) is 3. The zero-order chi connectivity index (χ0) is 12.6. The van der Waals surface area contributed by atoms with Gasteiger partial charge in [-0.3, -0.25) is 0 Å². The third-order valence-electron chi connectivity index (χ3n) is 2.69. The van der Waals surface area contributed by atoms with E-state index in [2.05, 4.69) is 26.8 Å². The molecule has 100 valence electrons. The van der Waals surface area contributed by atoms with Crippen LogP contribution in [-0.2, 0) is 13.3 Å². The van der Waals surface area contributed by atoms with Gasteiger partial charge in [0, 0.05) is 19.8 Å². The van der Waals surface area contributed by atoms with Crippen LogP contribution in [0.1, 0.15) is 52.9 Å². The van der Waals surface area contributed by atoms with E-state index in [4.69, 9.17) is 13.3 Å². The summed E-state index contributed by atoms with van der Waals surface area (Å²) in [5.41, 5.74) is 0. The molecule has 1 aliphatic rings. The standard InChI is InChI=1S/C13H26O3Si/c1-4-10-14-17(15-11-5-2,16-12-6-3)13-8-7-9-13/h8H,4-7,9-12H2,1-3H3. The Labute approximate surface area is 107 Å². The van der Waals surface area contributed by atoms with Gasteiger partial charge in [-0.2, -0.15) is 0 Å². The second-order valence-electron chi connectivity index (χ2n) is 4.37. The van der Waals surface area contributed by atoms with Crippen molar-refractivity contribution < 1.29 is 13.3 Å². The van der Waals surface area contributed by atoms with Crippen LogP contribution in [-0.4, -0.2) is 28.6 Å². The molecule has 0 heterocycles. The fraction of sp³-hybridized carbons (Fsp3) is 0.846. The summed E-state index contributed by atoms with van der Waals surface area (Å²) in [5, 5.41) is 1.30. The molecule has 0 fully saturated rings. The first-order chi connectivity index (χ1) is 8.29. The van der Waals surface area contributed by atoms with Crippen molar-refractivity contribution in [2.75, 3.05) is 19.8 Å². The van der Waals surface area contributed by atoms with Crippen molar-refractivity contribution >= 4 is 8.80 Å². The highest BCUT2D eigenvalue weighted by Crippen LogP contribution is 2.31. The van der Waals surface area contributed by atoms with Crippen LogP contribution in [0, 0.1) is 0 Å². The Morgan fingerprint density at radius 3 is 1.59 bits per heavy atom. The summed E-state index contributed by atoms with van der Waals surface area (Å²) in [4.78, 5) is 0. The third-order valence-corrected chi connectivity index (χ3v) is 5.68. The van der Waals surface area contributed by atoms with Gasteiger partial charge in [0.2, 0.25) is 0 Å². The smallest absolute Gasteiger partial charge is 0.370 e. The Morgan fingerprint density at radius 1 is 0.941 bits per heavy atom. The summed E-state index contributed by atoms with van der Waals surface area (Å²) in [6.45, 7) is 8.56. The van der Waals surface area contributed by atoms with Crippen LogP contribution in [0.15, 0.2) is 11.3 Å². The van der Waals surface area contributed by atoms with Crippen molar-refractivity contribution in [1.82, 2.24) is 0 Å². The molecular weight excluding hydrogens is 232 g/mol. The predicted octanol–water partition coefficient (Wildman–Crippen LogP) is 3.46. The maximum atomic E-state index is 6.01. The van der Waals surface area contributed by atoms with Crippen molar-refractivity contribution in [2.45, 2.75) is 52.9 Å². The monoisotopic (exact) mass is 258 g/mol. The lowest BCUT2D eigenvalue weighted by atomic mass is 10.1. The molecule has 0 saturated heterocycles. The van der Waals surface area contributed by atoms with Crippen molar-refractivity contribution in [3.63, 3.8) is 0 Å². The summed E-state index contributed by atoms with van der Waals surface area (Å²) in [6.07, 6.45) is 7.48.